The first-order valence-corrected chi connectivity index (χ1v) is 9.68. The van der Waals surface area contributed by atoms with Gasteiger partial charge >= 0.3 is 18.0 Å². The summed E-state index contributed by atoms with van der Waals surface area (Å²) in [6.07, 6.45) is 5.81. The highest BCUT2D eigenvalue weighted by atomic mass is 16.7. The largest absolute Gasteiger partial charge is 0.480 e. The van der Waals surface area contributed by atoms with Gasteiger partial charge in [-0.3, -0.25) is 9.69 Å². The molecule has 1 amide bonds. The average Bonchev–Trinajstić information content (AvgIpc) is 2.99. The molecule has 0 radical (unpaired) electrons. The van der Waals surface area contributed by atoms with Gasteiger partial charge in [0.05, 0.1) is 5.92 Å². The maximum Gasteiger partial charge on any atom is 0.413 e. The minimum Gasteiger partial charge on any atom is -0.480 e. The van der Waals surface area contributed by atoms with Crippen LogP contribution in [0.1, 0.15) is 65.7 Å². The molecular weight excluding hydrogens is 338 g/mol. The highest BCUT2D eigenvalue weighted by Crippen LogP contribution is 2.35. The van der Waals surface area contributed by atoms with Gasteiger partial charge < -0.3 is 14.6 Å². The smallest absolute Gasteiger partial charge is 0.413 e. The summed E-state index contributed by atoms with van der Waals surface area (Å²) >= 11 is 0. The van der Waals surface area contributed by atoms with Gasteiger partial charge in [0.15, 0.2) is 0 Å². The maximum absolute atomic E-state index is 12.4. The first-order chi connectivity index (χ1) is 12.3. The Hall–Kier alpha value is -1.79. The van der Waals surface area contributed by atoms with Crippen LogP contribution in [0.3, 0.4) is 0 Å². The Morgan fingerprint density at radius 2 is 1.69 bits per heavy atom. The van der Waals surface area contributed by atoms with E-state index in [0.29, 0.717) is 18.9 Å². The molecule has 0 aromatic heterocycles. The average molecular weight is 369 g/mol. The van der Waals surface area contributed by atoms with E-state index in [1.165, 1.54) is 43.9 Å². The monoisotopic (exact) mass is 369 g/mol. The maximum atomic E-state index is 12.4. The van der Waals surface area contributed by atoms with Crippen LogP contribution < -0.4 is 0 Å². The number of carboxylic acids is 1. The third-order valence-corrected chi connectivity index (χ3v) is 5.32. The standard InChI is InChI=1S/C19H31NO6/c1-12(2)18(23)25-13(3)26-19(24)20-11-15(10-16(20)17(21)22)9-14-7-5-4-6-8-14/h12-16H,4-11H2,1-3H3,(H,21,22)/t13-,15-,16-/m0/s1. The number of amides is 1. The van der Waals surface area contributed by atoms with Crippen molar-refractivity contribution in [1.29, 1.82) is 0 Å². The van der Waals surface area contributed by atoms with E-state index in [9.17, 15) is 19.5 Å². The number of carbonyl (C=O) groups is 3. The molecule has 1 N–H and O–H groups in total. The van der Waals surface area contributed by atoms with Crippen molar-refractivity contribution in [3.8, 4) is 0 Å². The molecular formula is C19H31NO6. The third-order valence-electron chi connectivity index (χ3n) is 5.32. The molecule has 3 atom stereocenters. The molecule has 0 aromatic rings. The second-order valence-electron chi connectivity index (χ2n) is 7.89. The van der Waals surface area contributed by atoms with Crippen LogP contribution in [0.4, 0.5) is 4.79 Å². The number of likely N-dealkylation sites (tertiary alicyclic amines) is 1. The number of carbonyl (C=O) groups excluding carboxylic acids is 2. The van der Waals surface area contributed by atoms with E-state index >= 15 is 0 Å². The lowest BCUT2D eigenvalue weighted by Gasteiger charge is -2.25. The molecule has 1 aliphatic heterocycles. The Balaban J connectivity index is 1.91. The number of hydrogen-bond acceptors (Lipinski definition) is 5. The number of esters is 1. The Kier molecular flexibility index (Phi) is 7.29. The molecule has 2 aliphatic rings. The zero-order valence-electron chi connectivity index (χ0n) is 16.0. The van der Waals surface area contributed by atoms with Gasteiger partial charge in [-0.05, 0) is 24.7 Å². The summed E-state index contributed by atoms with van der Waals surface area (Å²) in [5.41, 5.74) is 0. The van der Waals surface area contributed by atoms with E-state index in [0.717, 1.165) is 6.42 Å². The lowest BCUT2D eigenvalue weighted by molar-refractivity contribution is -0.170. The van der Waals surface area contributed by atoms with Crippen molar-refractivity contribution in [2.45, 2.75) is 78.0 Å². The lowest BCUT2D eigenvalue weighted by atomic mass is 9.82. The molecule has 0 aromatic carbocycles. The second kappa shape index (κ2) is 9.24. The minimum absolute atomic E-state index is 0.181. The molecule has 0 bridgehead atoms. The molecule has 2 rings (SSSR count). The molecule has 2 fully saturated rings. The summed E-state index contributed by atoms with van der Waals surface area (Å²) in [7, 11) is 0. The van der Waals surface area contributed by atoms with E-state index in [4.69, 9.17) is 9.47 Å². The fourth-order valence-corrected chi connectivity index (χ4v) is 3.96. The molecule has 7 heteroatoms. The molecule has 0 unspecified atom stereocenters. The van der Waals surface area contributed by atoms with E-state index in [1.807, 2.05) is 0 Å². The highest BCUT2D eigenvalue weighted by Gasteiger charge is 2.41. The number of rotatable bonds is 6. The highest BCUT2D eigenvalue weighted by molar-refractivity contribution is 5.81. The number of nitrogens with zero attached hydrogens (tertiary/aromatic N) is 1. The summed E-state index contributed by atoms with van der Waals surface area (Å²) in [5, 5.41) is 9.47. The Labute approximate surface area is 155 Å². The van der Waals surface area contributed by atoms with Gasteiger partial charge in [0.25, 0.3) is 0 Å². The predicted molar refractivity (Wildman–Crippen MR) is 94.3 cm³/mol. The molecule has 26 heavy (non-hydrogen) atoms. The van der Waals surface area contributed by atoms with Gasteiger partial charge in [0, 0.05) is 13.5 Å². The summed E-state index contributed by atoms with van der Waals surface area (Å²) in [6, 6.07) is -0.871. The number of aliphatic carboxylic acids is 1. The Bertz CT molecular complexity index is 514. The molecule has 1 saturated carbocycles. The van der Waals surface area contributed by atoms with Gasteiger partial charge in [-0.1, -0.05) is 46.0 Å². The third kappa shape index (κ3) is 5.61. The Morgan fingerprint density at radius 3 is 2.27 bits per heavy atom. The second-order valence-corrected chi connectivity index (χ2v) is 7.89. The zero-order valence-corrected chi connectivity index (χ0v) is 16.0. The zero-order chi connectivity index (χ0) is 19.3. The molecule has 148 valence electrons. The summed E-state index contributed by atoms with van der Waals surface area (Å²) in [5.74, 6) is -0.989. The van der Waals surface area contributed by atoms with Crippen LogP contribution in [-0.4, -0.2) is 46.9 Å². The first-order valence-electron chi connectivity index (χ1n) is 9.68. The van der Waals surface area contributed by atoms with Crippen LogP contribution in [0.15, 0.2) is 0 Å². The van der Waals surface area contributed by atoms with Crippen molar-refractivity contribution in [2.24, 2.45) is 17.8 Å². The van der Waals surface area contributed by atoms with Crippen LogP contribution in [0, 0.1) is 17.8 Å². The predicted octanol–water partition coefficient (Wildman–Crippen LogP) is 3.41. The van der Waals surface area contributed by atoms with Gasteiger partial charge in [-0.25, -0.2) is 9.59 Å². The van der Waals surface area contributed by atoms with Crippen LogP contribution in [-0.2, 0) is 19.1 Å². The van der Waals surface area contributed by atoms with E-state index < -0.39 is 30.4 Å². The van der Waals surface area contributed by atoms with Crippen molar-refractivity contribution < 1.29 is 29.0 Å². The number of hydrogen-bond donors (Lipinski definition) is 1. The van der Waals surface area contributed by atoms with Crippen LogP contribution in [0.5, 0.6) is 0 Å². The summed E-state index contributed by atoms with van der Waals surface area (Å²) in [6.45, 7) is 5.22. The number of carboxylic acid groups (broad SMARTS) is 1. The van der Waals surface area contributed by atoms with Crippen molar-refractivity contribution >= 4 is 18.0 Å². The molecule has 1 saturated heterocycles. The van der Waals surface area contributed by atoms with E-state index in [1.54, 1.807) is 13.8 Å². The normalized spacial score (nSPS) is 25.2. The van der Waals surface area contributed by atoms with E-state index in [2.05, 4.69) is 0 Å². The minimum atomic E-state index is -1.04. The van der Waals surface area contributed by atoms with Crippen LogP contribution >= 0.6 is 0 Å². The van der Waals surface area contributed by atoms with Gasteiger partial charge in [-0.2, -0.15) is 0 Å². The fraction of sp³-hybridized carbons (Fsp3) is 0.842. The van der Waals surface area contributed by atoms with Crippen LogP contribution in [0.25, 0.3) is 0 Å². The van der Waals surface area contributed by atoms with Crippen molar-refractivity contribution in [1.82, 2.24) is 4.90 Å². The van der Waals surface area contributed by atoms with Gasteiger partial charge in [0.1, 0.15) is 6.04 Å². The Morgan fingerprint density at radius 1 is 1.04 bits per heavy atom. The van der Waals surface area contributed by atoms with Crippen molar-refractivity contribution in [3.63, 3.8) is 0 Å². The topological polar surface area (TPSA) is 93.1 Å². The quantitative estimate of drug-likeness (QED) is 0.570. The molecule has 1 heterocycles. The van der Waals surface area contributed by atoms with Crippen LogP contribution in [0.2, 0.25) is 0 Å². The summed E-state index contributed by atoms with van der Waals surface area (Å²) < 4.78 is 10.2. The van der Waals surface area contributed by atoms with Crippen molar-refractivity contribution in [2.75, 3.05) is 6.54 Å². The first kappa shape index (κ1) is 20.5. The molecule has 1 aliphatic carbocycles. The van der Waals surface area contributed by atoms with Gasteiger partial charge in [0.2, 0.25) is 6.29 Å². The summed E-state index contributed by atoms with van der Waals surface area (Å²) in [4.78, 5) is 36.8. The van der Waals surface area contributed by atoms with E-state index in [-0.39, 0.29) is 11.8 Å². The molecule has 0 spiro atoms. The molecule has 7 nitrogen and oxygen atoms in total. The SMILES string of the molecule is CC(C)C(=O)O[C@H](C)OC(=O)N1C[C@@H](CC2CCCCC2)C[C@H]1C(=O)O. The fourth-order valence-electron chi connectivity index (χ4n) is 3.96. The van der Waals surface area contributed by atoms with Gasteiger partial charge in [-0.15, -0.1) is 0 Å². The lowest BCUT2D eigenvalue weighted by Crippen LogP contribution is -2.42. The van der Waals surface area contributed by atoms with Crippen molar-refractivity contribution in [3.05, 3.63) is 0 Å². The number of ether oxygens (including phenoxy) is 2.